The molecule has 0 aromatic carbocycles. The quantitative estimate of drug-likeness (QED) is 0.567. The molecule has 2 amide bonds. The molecule has 2 saturated heterocycles. The van der Waals surface area contributed by atoms with Crippen molar-refractivity contribution >= 4 is 11.8 Å². The maximum Gasteiger partial charge on any atom is 0.404 e. The molecule has 9 nitrogen and oxygen atoms in total. The number of piperidine rings is 2. The Hall–Kier alpha value is -3.22. The van der Waals surface area contributed by atoms with E-state index in [1.54, 1.807) is 4.90 Å². The molecular weight excluding hydrogens is 508 g/mol. The highest BCUT2D eigenvalue weighted by molar-refractivity contribution is 5.94. The second-order valence-electron chi connectivity index (χ2n) is 10.5. The Morgan fingerprint density at radius 2 is 1.97 bits per heavy atom. The fourth-order valence-corrected chi connectivity index (χ4v) is 5.79. The Labute approximate surface area is 216 Å². The summed E-state index contributed by atoms with van der Waals surface area (Å²) >= 11 is 0. The van der Waals surface area contributed by atoms with E-state index in [0.717, 1.165) is 19.0 Å². The number of ether oxygens (including phenoxy) is 1. The Morgan fingerprint density at radius 3 is 2.63 bits per heavy atom. The number of likely N-dealkylation sites (tertiary alicyclic amines) is 2. The van der Waals surface area contributed by atoms with Crippen molar-refractivity contribution in [2.75, 3.05) is 27.2 Å². The van der Waals surface area contributed by atoms with E-state index in [1.807, 2.05) is 0 Å². The number of nitrogens with one attached hydrogen (secondary N) is 2. The van der Waals surface area contributed by atoms with Crippen LogP contribution in [-0.2, 0) is 4.79 Å². The Morgan fingerprint density at radius 1 is 1.21 bits per heavy atom. The number of likely N-dealkylation sites (N-methyl/N-ethyl adjacent to an activating group) is 1. The molecule has 4 heterocycles. The lowest BCUT2D eigenvalue weighted by Crippen LogP contribution is -2.56. The number of H-pyrrole nitrogens is 1. The van der Waals surface area contributed by atoms with Gasteiger partial charge in [-0.2, -0.15) is 18.3 Å². The van der Waals surface area contributed by atoms with Gasteiger partial charge in [0.1, 0.15) is 6.04 Å². The first kappa shape index (κ1) is 26.4. The van der Waals surface area contributed by atoms with Crippen molar-refractivity contribution in [3.05, 3.63) is 29.8 Å². The summed E-state index contributed by atoms with van der Waals surface area (Å²) in [5, 5.41) is 9.77. The maximum atomic E-state index is 14.3. The smallest absolute Gasteiger partial charge is 0.404 e. The van der Waals surface area contributed by atoms with Gasteiger partial charge in [0.25, 0.3) is 5.91 Å². The van der Waals surface area contributed by atoms with Crippen molar-refractivity contribution in [1.29, 1.82) is 0 Å². The number of carbonyl (C=O) groups is 2. The van der Waals surface area contributed by atoms with Crippen LogP contribution in [0.1, 0.15) is 49.0 Å². The summed E-state index contributed by atoms with van der Waals surface area (Å²) < 4.78 is 58.8. The zero-order valence-electron chi connectivity index (χ0n) is 21.1. The second kappa shape index (κ2) is 9.83. The van der Waals surface area contributed by atoms with Crippen LogP contribution < -0.4 is 10.1 Å². The van der Waals surface area contributed by atoms with Crippen molar-refractivity contribution in [2.45, 2.75) is 62.3 Å². The third kappa shape index (κ3) is 5.07. The van der Waals surface area contributed by atoms with Crippen molar-refractivity contribution in [3.63, 3.8) is 0 Å². The number of amides is 2. The first-order chi connectivity index (χ1) is 18.0. The van der Waals surface area contributed by atoms with Crippen LogP contribution in [0.5, 0.6) is 5.88 Å². The highest BCUT2D eigenvalue weighted by atomic mass is 19.4. The number of aromatic nitrogens is 3. The summed E-state index contributed by atoms with van der Waals surface area (Å²) in [6.07, 6.45) is -0.573. The number of hydrogen-bond acceptors (Lipinski definition) is 6. The number of pyridine rings is 1. The summed E-state index contributed by atoms with van der Waals surface area (Å²) in [4.78, 5) is 33.2. The lowest BCUT2D eigenvalue weighted by molar-refractivity contribution is -0.188. The van der Waals surface area contributed by atoms with E-state index in [4.69, 9.17) is 4.74 Å². The van der Waals surface area contributed by atoms with Crippen LogP contribution in [0, 0.1) is 11.7 Å². The van der Waals surface area contributed by atoms with Crippen LogP contribution in [0.4, 0.5) is 17.6 Å². The average Bonchev–Trinajstić information content (AvgIpc) is 3.44. The molecule has 0 bridgehead atoms. The molecule has 0 unspecified atom stereocenters. The molecule has 2 aromatic heterocycles. The topological polar surface area (TPSA) is 103 Å². The minimum Gasteiger partial charge on any atom is -0.481 e. The van der Waals surface area contributed by atoms with Crippen LogP contribution in [-0.4, -0.2) is 87.8 Å². The maximum absolute atomic E-state index is 14.3. The molecule has 206 valence electrons. The predicted octanol–water partition coefficient (Wildman–Crippen LogP) is 3.15. The lowest BCUT2D eigenvalue weighted by atomic mass is 9.87. The number of methoxy groups -OCH3 is 1. The van der Waals surface area contributed by atoms with Crippen LogP contribution >= 0.6 is 0 Å². The standard InChI is InChI=1S/C25H30F4N6O3/c1-34-13-15(3-4-20(34)25(27,28)29)31-22(36)14-5-8-35(24(11-14)6-7-24)23(37)19-10-18(32-33-19)16-9-21(38-2)30-12-17(16)26/h9-10,12,14-15,20H,3-8,11,13H2,1-2H3,(H,31,36)(H,32,33)/t14-,15+,20+/m1/s1. The molecule has 0 radical (unpaired) electrons. The molecule has 3 aliphatic rings. The average molecular weight is 539 g/mol. The number of hydrogen-bond donors (Lipinski definition) is 2. The number of aromatic amines is 1. The molecule has 1 saturated carbocycles. The lowest BCUT2D eigenvalue weighted by Gasteiger charge is -2.41. The van der Waals surface area contributed by atoms with Crippen molar-refractivity contribution in [3.8, 4) is 17.1 Å². The first-order valence-electron chi connectivity index (χ1n) is 12.7. The molecule has 1 spiro atoms. The van der Waals surface area contributed by atoms with Crippen LogP contribution in [0.2, 0.25) is 0 Å². The van der Waals surface area contributed by atoms with Gasteiger partial charge in [-0.25, -0.2) is 9.37 Å². The Kier molecular flexibility index (Phi) is 6.82. The summed E-state index contributed by atoms with van der Waals surface area (Å²) in [6.45, 7) is 0.501. The molecule has 38 heavy (non-hydrogen) atoms. The molecule has 13 heteroatoms. The monoisotopic (exact) mass is 538 g/mol. The van der Waals surface area contributed by atoms with Gasteiger partial charge >= 0.3 is 6.18 Å². The van der Waals surface area contributed by atoms with E-state index in [-0.39, 0.29) is 60.3 Å². The molecule has 3 atom stereocenters. The van der Waals surface area contributed by atoms with Gasteiger partial charge < -0.3 is 15.0 Å². The van der Waals surface area contributed by atoms with Gasteiger partial charge in [0.2, 0.25) is 11.8 Å². The van der Waals surface area contributed by atoms with Gasteiger partial charge in [-0.15, -0.1) is 0 Å². The predicted molar refractivity (Wildman–Crippen MR) is 128 cm³/mol. The van der Waals surface area contributed by atoms with Crippen LogP contribution in [0.3, 0.4) is 0 Å². The van der Waals surface area contributed by atoms with Crippen LogP contribution in [0.15, 0.2) is 18.3 Å². The third-order valence-corrected chi connectivity index (χ3v) is 8.02. The fraction of sp³-hybridized carbons (Fsp3) is 0.600. The molecule has 5 rings (SSSR count). The van der Waals surface area contributed by atoms with Gasteiger partial charge in [0, 0.05) is 42.2 Å². The third-order valence-electron chi connectivity index (χ3n) is 8.02. The number of carbonyl (C=O) groups excluding carboxylic acids is 2. The summed E-state index contributed by atoms with van der Waals surface area (Å²) in [7, 11) is 2.85. The number of halogens is 4. The molecule has 2 N–H and O–H groups in total. The molecule has 2 aromatic rings. The van der Waals surface area contributed by atoms with Gasteiger partial charge in [-0.3, -0.25) is 19.6 Å². The van der Waals surface area contributed by atoms with Crippen molar-refractivity contribution in [1.82, 2.24) is 30.3 Å². The Balaban J connectivity index is 1.21. The van der Waals surface area contributed by atoms with E-state index < -0.39 is 23.6 Å². The summed E-state index contributed by atoms with van der Waals surface area (Å²) in [5.41, 5.74) is 0.200. The van der Waals surface area contributed by atoms with E-state index in [1.165, 1.54) is 31.2 Å². The normalized spacial score (nSPS) is 25.3. The van der Waals surface area contributed by atoms with Crippen LogP contribution in [0.25, 0.3) is 11.3 Å². The zero-order chi connectivity index (χ0) is 27.2. The molecule has 2 aliphatic heterocycles. The zero-order valence-corrected chi connectivity index (χ0v) is 21.1. The second-order valence-corrected chi connectivity index (χ2v) is 10.5. The summed E-state index contributed by atoms with van der Waals surface area (Å²) in [5.74, 6) is -1.15. The number of rotatable bonds is 5. The van der Waals surface area contributed by atoms with E-state index in [0.29, 0.717) is 25.1 Å². The summed E-state index contributed by atoms with van der Waals surface area (Å²) in [6, 6.07) is 1.08. The first-order valence-corrected chi connectivity index (χ1v) is 12.7. The molecular formula is C25H30F4N6O3. The van der Waals surface area contributed by atoms with Crippen molar-refractivity contribution in [2.24, 2.45) is 5.92 Å². The van der Waals surface area contributed by atoms with E-state index in [2.05, 4.69) is 20.5 Å². The van der Waals surface area contributed by atoms with Gasteiger partial charge in [0.05, 0.1) is 19.0 Å². The van der Waals surface area contributed by atoms with E-state index in [9.17, 15) is 27.2 Å². The largest absolute Gasteiger partial charge is 0.481 e. The van der Waals surface area contributed by atoms with Gasteiger partial charge in [-0.1, -0.05) is 0 Å². The highest BCUT2D eigenvalue weighted by Gasteiger charge is 2.55. The molecule has 1 aliphatic carbocycles. The highest BCUT2D eigenvalue weighted by Crippen LogP contribution is 2.50. The molecule has 3 fully saturated rings. The fourth-order valence-electron chi connectivity index (χ4n) is 5.79. The van der Waals surface area contributed by atoms with Crippen molar-refractivity contribution < 1.29 is 31.9 Å². The Bertz CT molecular complexity index is 1210. The SMILES string of the molecule is COc1cc(-c2cc(C(=O)N3CC[C@@H](C(=O)N[C@H]4CC[C@@H](C(F)(F)F)N(C)C4)CC34CC4)n[nH]2)c(F)cn1. The van der Waals surface area contributed by atoms with Gasteiger partial charge in [0.15, 0.2) is 11.5 Å². The number of nitrogens with zero attached hydrogens (tertiary/aromatic N) is 4. The van der Waals surface area contributed by atoms with Gasteiger partial charge in [-0.05, 0) is 51.6 Å². The van der Waals surface area contributed by atoms with E-state index >= 15 is 0 Å². The minimum atomic E-state index is -4.28. The minimum absolute atomic E-state index is 0.0519. The number of alkyl halides is 3.